The van der Waals surface area contributed by atoms with E-state index >= 15 is 0 Å². The lowest BCUT2D eigenvalue weighted by Gasteiger charge is -2.16. The van der Waals surface area contributed by atoms with Gasteiger partial charge >= 0.3 is 12.1 Å². The summed E-state index contributed by atoms with van der Waals surface area (Å²) in [6, 6.07) is 5.24. The normalized spacial score (nSPS) is 12.2. The minimum Gasteiger partial charge on any atom is -0.337 e. The molecule has 102 valence electrons. The Bertz CT molecular complexity index is 709. The van der Waals surface area contributed by atoms with E-state index in [0.29, 0.717) is 0 Å². The number of nitrogens with zero attached hydrogens (tertiary/aromatic N) is 3. The van der Waals surface area contributed by atoms with Crippen LogP contribution in [0, 0.1) is 22.7 Å². The van der Waals surface area contributed by atoms with Crippen LogP contribution in [-0.2, 0) is 5.92 Å². The van der Waals surface area contributed by atoms with Crippen molar-refractivity contribution in [3.8, 4) is 12.1 Å². The SMILES string of the molecule is N#Cc1cc2nc(C(F)(F)C(F)(F)F)[nH]c2cc1C#N. The Labute approximate surface area is 108 Å². The second kappa shape index (κ2) is 4.17. The third-order valence-corrected chi connectivity index (χ3v) is 2.52. The average molecular weight is 286 g/mol. The van der Waals surface area contributed by atoms with Crippen molar-refractivity contribution in [1.29, 1.82) is 10.5 Å². The Hall–Kier alpha value is -2.68. The van der Waals surface area contributed by atoms with Crippen LogP contribution in [0.3, 0.4) is 0 Å². The number of fused-ring (bicyclic) bond motifs is 1. The maximum atomic E-state index is 13.1. The molecule has 0 spiro atoms. The van der Waals surface area contributed by atoms with Gasteiger partial charge in [0.1, 0.15) is 12.1 Å². The van der Waals surface area contributed by atoms with E-state index in [2.05, 4.69) is 4.98 Å². The Kier molecular flexibility index (Phi) is 2.86. The second-order valence-corrected chi connectivity index (χ2v) is 3.80. The largest absolute Gasteiger partial charge is 0.461 e. The molecule has 20 heavy (non-hydrogen) atoms. The van der Waals surface area contributed by atoms with Crippen molar-refractivity contribution in [3.05, 3.63) is 29.1 Å². The molecule has 0 amide bonds. The lowest BCUT2D eigenvalue weighted by molar-refractivity contribution is -0.292. The summed E-state index contributed by atoms with van der Waals surface area (Å²) in [6.07, 6.45) is -5.79. The van der Waals surface area contributed by atoms with Crippen molar-refractivity contribution in [2.45, 2.75) is 12.1 Å². The molecule has 0 bridgehead atoms. The molecule has 0 aliphatic heterocycles. The van der Waals surface area contributed by atoms with Gasteiger partial charge in [0.05, 0.1) is 22.2 Å². The molecule has 0 radical (unpaired) electrons. The maximum absolute atomic E-state index is 13.1. The molecule has 1 aromatic carbocycles. The zero-order valence-corrected chi connectivity index (χ0v) is 9.39. The summed E-state index contributed by atoms with van der Waals surface area (Å²) in [5, 5.41) is 17.5. The third-order valence-electron chi connectivity index (χ3n) is 2.52. The Morgan fingerprint density at radius 1 is 1.00 bits per heavy atom. The van der Waals surface area contributed by atoms with E-state index in [-0.39, 0.29) is 22.2 Å². The summed E-state index contributed by atoms with van der Waals surface area (Å²) in [5.74, 6) is -6.73. The van der Waals surface area contributed by atoms with Gasteiger partial charge in [0, 0.05) is 0 Å². The van der Waals surface area contributed by atoms with Gasteiger partial charge in [-0.3, -0.25) is 0 Å². The summed E-state index contributed by atoms with van der Waals surface area (Å²) in [7, 11) is 0. The first-order valence-corrected chi connectivity index (χ1v) is 4.99. The highest BCUT2D eigenvalue weighted by atomic mass is 19.4. The van der Waals surface area contributed by atoms with E-state index in [4.69, 9.17) is 10.5 Å². The van der Waals surface area contributed by atoms with Gasteiger partial charge in [0.25, 0.3) is 0 Å². The molecule has 2 rings (SSSR count). The number of rotatable bonds is 1. The van der Waals surface area contributed by atoms with Gasteiger partial charge in [-0.2, -0.15) is 32.5 Å². The lowest BCUT2D eigenvalue weighted by atomic mass is 10.1. The molecule has 0 unspecified atom stereocenters. The quantitative estimate of drug-likeness (QED) is 0.819. The van der Waals surface area contributed by atoms with Crippen molar-refractivity contribution in [2.75, 3.05) is 0 Å². The van der Waals surface area contributed by atoms with Crippen molar-refractivity contribution >= 4 is 11.0 Å². The van der Waals surface area contributed by atoms with Crippen LogP contribution in [0.2, 0.25) is 0 Å². The van der Waals surface area contributed by atoms with Gasteiger partial charge in [0.15, 0.2) is 5.82 Å². The predicted molar refractivity (Wildman–Crippen MR) is 55.5 cm³/mol. The first-order chi connectivity index (χ1) is 9.20. The van der Waals surface area contributed by atoms with Crippen LogP contribution >= 0.6 is 0 Å². The summed E-state index contributed by atoms with van der Waals surface area (Å²) in [4.78, 5) is 4.98. The molecule has 0 saturated carbocycles. The standard InChI is InChI=1S/C11H3F5N4/c12-10(13,11(14,15)16)9-19-7-1-5(3-17)6(4-18)2-8(7)20-9/h1-2H,(H,19,20). The predicted octanol–water partition coefficient (Wildman–Crippen LogP) is 2.96. The van der Waals surface area contributed by atoms with Crippen LogP contribution < -0.4 is 0 Å². The fourth-order valence-corrected chi connectivity index (χ4v) is 1.52. The fourth-order valence-electron chi connectivity index (χ4n) is 1.52. The molecule has 2 aromatic rings. The molecular weight excluding hydrogens is 283 g/mol. The van der Waals surface area contributed by atoms with Crippen LogP contribution in [0.5, 0.6) is 0 Å². The number of nitrogens with one attached hydrogen (secondary N) is 1. The van der Waals surface area contributed by atoms with E-state index in [0.717, 1.165) is 12.1 Å². The number of nitriles is 2. The highest BCUT2D eigenvalue weighted by molar-refractivity contribution is 5.79. The smallest absolute Gasteiger partial charge is 0.337 e. The number of halogens is 5. The Morgan fingerprint density at radius 2 is 1.55 bits per heavy atom. The number of aromatic amines is 1. The van der Waals surface area contributed by atoms with Crippen LogP contribution in [0.1, 0.15) is 17.0 Å². The van der Waals surface area contributed by atoms with Crippen LogP contribution in [0.4, 0.5) is 22.0 Å². The van der Waals surface area contributed by atoms with Gasteiger partial charge in [-0.25, -0.2) is 4.98 Å². The van der Waals surface area contributed by atoms with Crippen LogP contribution in [0.15, 0.2) is 12.1 Å². The minimum absolute atomic E-state index is 0.148. The van der Waals surface area contributed by atoms with Crippen LogP contribution in [0.25, 0.3) is 11.0 Å². The number of H-pyrrole nitrogens is 1. The molecular formula is C11H3F5N4. The number of imidazole rings is 1. The van der Waals surface area contributed by atoms with Gasteiger partial charge < -0.3 is 4.98 Å². The third kappa shape index (κ3) is 1.93. The topological polar surface area (TPSA) is 76.3 Å². The molecule has 0 fully saturated rings. The molecule has 0 saturated heterocycles. The summed E-state index contributed by atoms with van der Waals surface area (Å²) >= 11 is 0. The van der Waals surface area contributed by atoms with Crippen molar-refractivity contribution < 1.29 is 22.0 Å². The van der Waals surface area contributed by atoms with Crippen molar-refractivity contribution in [1.82, 2.24) is 9.97 Å². The van der Waals surface area contributed by atoms with Gasteiger partial charge in [-0.15, -0.1) is 0 Å². The average Bonchev–Trinajstić information content (AvgIpc) is 2.78. The number of aromatic nitrogens is 2. The monoisotopic (exact) mass is 286 g/mol. The van der Waals surface area contributed by atoms with Crippen molar-refractivity contribution in [3.63, 3.8) is 0 Å². The number of benzene rings is 1. The lowest BCUT2D eigenvalue weighted by Crippen LogP contribution is -2.34. The van der Waals surface area contributed by atoms with Gasteiger partial charge in [-0.1, -0.05) is 0 Å². The second-order valence-electron chi connectivity index (χ2n) is 3.80. The summed E-state index contributed by atoms with van der Waals surface area (Å²) in [6.45, 7) is 0. The van der Waals surface area contributed by atoms with E-state index in [1.54, 1.807) is 12.1 Å². The number of hydrogen-bond donors (Lipinski definition) is 1. The zero-order chi connectivity index (χ0) is 15.1. The molecule has 0 atom stereocenters. The first kappa shape index (κ1) is 13.7. The highest BCUT2D eigenvalue weighted by Gasteiger charge is 2.61. The van der Waals surface area contributed by atoms with Gasteiger partial charge in [0.2, 0.25) is 0 Å². The van der Waals surface area contributed by atoms with Crippen LogP contribution in [-0.4, -0.2) is 16.1 Å². The van der Waals surface area contributed by atoms with E-state index < -0.39 is 17.9 Å². The summed E-state index contributed by atoms with van der Waals surface area (Å²) < 4.78 is 62.9. The molecule has 4 nitrogen and oxygen atoms in total. The maximum Gasteiger partial charge on any atom is 0.461 e. The number of hydrogen-bond acceptors (Lipinski definition) is 3. The highest BCUT2D eigenvalue weighted by Crippen LogP contribution is 2.43. The minimum atomic E-state index is -5.79. The fraction of sp³-hybridized carbons (Fsp3) is 0.182. The molecule has 1 N–H and O–H groups in total. The summed E-state index contributed by atoms with van der Waals surface area (Å²) in [5.41, 5.74) is -0.738. The first-order valence-electron chi connectivity index (χ1n) is 4.99. The molecule has 1 heterocycles. The molecule has 1 aromatic heterocycles. The van der Waals surface area contributed by atoms with Crippen molar-refractivity contribution in [2.24, 2.45) is 0 Å². The Balaban J connectivity index is 2.68. The molecule has 0 aliphatic carbocycles. The molecule has 0 aliphatic rings. The number of alkyl halides is 5. The van der Waals surface area contributed by atoms with E-state index in [1.165, 1.54) is 0 Å². The van der Waals surface area contributed by atoms with E-state index in [1.807, 2.05) is 4.98 Å². The molecule has 9 heteroatoms. The van der Waals surface area contributed by atoms with E-state index in [9.17, 15) is 22.0 Å². The Morgan fingerprint density at radius 3 is 2.05 bits per heavy atom. The zero-order valence-electron chi connectivity index (χ0n) is 9.39. The van der Waals surface area contributed by atoms with Gasteiger partial charge in [-0.05, 0) is 12.1 Å².